The van der Waals surface area contributed by atoms with Crippen molar-refractivity contribution >= 4 is 5.91 Å². The van der Waals surface area contributed by atoms with Crippen LogP contribution in [0.1, 0.15) is 29.9 Å². The highest BCUT2D eigenvalue weighted by molar-refractivity contribution is 5.84. The second-order valence-corrected chi connectivity index (χ2v) is 4.60. The van der Waals surface area contributed by atoms with Crippen LogP contribution in [-0.2, 0) is 11.3 Å². The normalized spacial score (nSPS) is 18.2. The monoisotopic (exact) mass is 248 g/mol. The third kappa shape index (κ3) is 3.09. The van der Waals surface area contributed by atoms with E-state index in [1.54, 1.807) is 0 Å². The lowest BCUT2D eigenvalue weighted by Gasteiger charge is -2.25. The van der Waals surface area contributed by atoms with Crippen molar-refractivity contribution in [1.82, 2.24) is 10.6 Å². The van der Waals surface area contributed by atoms with Gasteiger partial charge in [0.25, 0.3) is 0 Å². The van der Waals surface area contributed by atoms with Crippen LogP contribution in [0.2, 0.25) is 0 Å². The molecule has 2 rings (SSSR count). The first kappa shape index (κ1) is 13.1. The van der Waals surface area contributed by atoms with Gasteiger partial charge in [-0.05, 0) is 24.0 Å². The van der Waals surface area contributed by atoms with Crippen LogP contribution in [-0.4, -0.2) is 30.7 Å². The molecule has 1 aliphatic heterocycles. The van der Waals surface area contributed by atoms with Gasteiger partial charge in [-0.1, -0.05) is 24.3 Å². The Morgan fingerprint density at radius 3 is 3.06 bits per heavy atom. The number of unbranched alkanes of at least 4 members (excludes halogenated alkanes) is 1. The van der Waals surface area contributed by atoms with Gasteiger partial charge in [0.2, 0.25) is 5.91 Å². The lowest BCUT2D eigenvalue weighted by atomic mass is 9.90. The summed E-state index contributed by atoms with van der Waals surface area (Å²) < 4.78 is 0. The zero-order chi connectivity index (χ0) is 12.8. The minimum absolute atomic E-state index is 0.0765. The highest BCUT2D eigenvalue weighted by atomic mass is 16.2. The first-order valence-corrected chi connectivity index (χ1v) is 6.50. The second kappa shape index (κ2) is 6.52. The van der Waals surface area contributed by atoms with Crippen molar-refractivity contribution in [2.45, 2.75) is 25.3 Å². The quantitative estimate of drug-likeness (QED) is 0.674. The molecule has 1 aliphatic rings. The molecule has 0 spiro atoms. The van der Waals surface area contributed by atoms with E-state index in [1.165, 1.54) is 5.56 Å². The van der Waals surface area contributed by atoms with Crippen LogP contribution >= 0.6 is 0 Å². The number of aliphatic hydroxyl groups is 1. The van der Waals surface area contributed by atoms with E-state index in [1.807, 2.05) is 18.2 Å². The maximum atomic E-state index is 12.1. The lowest BCUT2D eigenvalue weighted by molar-refractivity contribution is -0.122. The molecular weight excluding hydrogens is 228 g/mol. The third-order valence-corrected chi connectivity index (χ3v) is 3.30. The van der Waals surface area contributed by atoms with Crippen LogP contribution in [0.4, 0.5) is 0 Å². The van der Waals surface area contributed by atoms with Crippen molar-refractivity contribution in [3.63, 3.8) is 0 Å². The molecular formula is C14H20N2O2. The summed E-state index contributed by atoms with van der Waals surface area (Å²) in [4.78, 5) is 12.1. The molecule has 18 heavy (non-hydrogen) atoms. The molecule has 98 valence electrons. The number of benzene rings is 1. The number of carbonyl (C=O) groups excluding carboxylic acids is 1. The van der Waals surface area contributed by atoms with E-state index in [0.717, 1.165) is 24.9 Å². The number of rotatable bonds is 5. The first-order chi connectivity index (χ1) is 8.83. The van der Waals surface area contributed by atoms with Gasteiger partial charge in [0, 0.05) is 26.2 Å². The van der Waals surface area contributed by atoms with Crippen molar-refractivity contribution in [1.29, 1.82) is 0 Å². The topological polar surface area (TPSA) is 61.4 Å². The summed E-state index contributed by atoms with van der Waals surface area (Å²) in [5.74, 6) is -0.0170. The van der Waals surface area contributed by atoms with Gasteiger partial charge in [-0.2, -0.15) is 0 Å². The van der Waals surface area contributed by atoms with Gasteiger partial charge in [0.15, 0.2) is 0 Å². The Hall–Kier alpha value is -1.39. The van der Waals surface area contributed by atoms with E-state index in [-0.39, 0.29) is 18.4 Å². The summed E-state index contributed by atoms with van der Waals surface area (Å²) in [6, 6.07) is 8.08. The molecule has 0 saturated heterocycles. The second-order valence-electron chi connectivity index (χ2n) is 4.60. The van der Waals surface area contributed by atoms with E-state index < -0.39 is 0 Å². The number of fused-ring (bicyclic) bond motifs is 1. The van der Waals surface area contributed by atoms with Crippen LogP contribution in [0, 0.1) is 0 Å². The summed E-state index contributed by atoms with van der Waals surface area (Å²) >= 11 is 0. The standard InChI is InChI=1S/C14H20N2O2/c17-8-4-3-7-16-14(18)13-10-15-9-11-5-1-2-6-12(11)13/h1-2,5-6,13,15,17H,3-4,7-10H2,(H,16,18). The number of aliphatic hydroxyl groups excluding tert-OH is 1. The SMILES string of the molecule is O=C(NCCCCO)C1CNCc2ccccc21. The molecule has 3 N–H and O–H groups in total. The van der Waals surface area contributed by atoms with E-state index in [4.69, 9.17) is 5.11 Å². The predicted octanol–water partition coefficient (Wildman–Crippen LogP) is 0.762. The average molecular weight is 248 g/mol. The number of carbonyl (C=O) groups is 1. The smallest absolute Gasteiger partial charge is 0.228 e. The Morgan fingerprint density at radius 2 is 2.22 bits per heavy atom. The molecule has 1 amide bonds. The van der Waals surface area contributed by atoms with Gasteiger partial charge < -0.3 is 15.7 Å². The minimum Gasteiger partial charge on any atom is -0.396 e. The zero-order valence-electron chi connectivity index (χ0n) is 10.5. The van der Waals surface area contributed by atoms with E-state index in [0.29, 0.717) is 13.1 Å². The van der Waals surface area contributed by atoms with Gasteiger partial charge in [0.05, 0.1) is 5.92 Å². The Bertz CT molecular complexity index is 407. The Balaban J connectivity index is 1.95. The van der Waals surface area contributed by atoms with E-state index in [2.05, 4.69) is 16.7 Å². The molecule has 0 radical (unpaired) electrons. The predicted molar refractivity (Wildman–Crippen MR) is 70.2 cm³/mol. The van der Waals surface area contributed by atoms with Gasteiger partial charge in [-0.3, -0.25) is 4.79 Å². The fourth-order valence-corrected chi connectivity index (χ4v) is 2.30. The fraction of sp³-hybridized carbons (Fsp3) is 0.500. The minimum atomic E-state index is -0.0934. The molecule has 4 nitrogen and oxygen atoms in total. The molecule has 0 fully saturated rings. The molecule has 1 aromatic rings. The van der Waals surface area contributed by atoms with Crippen molar-refractivity contribution in [3.05, 3.63) is 35.4 Å². The summed E-state index contributed by atoms with van der Waals surface area (Å²) in [7, 11) is 0. The van der Waals surface area contributed by atoms with E-state index >= 15 is 0 Å². The highest BCUT2D eigenvalue weighted by Gasteiger charge is 2.25. The molecule has 0 saturated carbocycles. The number of nitrogens with one attached hydrogen (secondary N) is 2. The van der Waals surface area contributed by atoms with Crippen LogP contribution in [0.25, 0.3) is 0 Å². The Labute approximate surface area is 107 Å². The molecule has 1 aromatic carbocycles. The molecule has 1 atom stereocenters. The van der Waals surface area contributed by atoms with Gasteiger partial charge in [0.1, 0.15) is 0 Å². The van der Waals surface area contributed by atoms with Crippen LogP contribution in [0.15, 0.2) is 24.3 Å². The van der Waals surface area contributed by atoms with Gasteiger partial charge >= 0.3 is 0 Å². The largest absolute Gasteiger partial charge is 0.396 e. The third-order valence-electron chi connectivity index (χ3n) is 3.30. The highest BCUT2D eigenvalue weighted by Crippen LogP contribution is 2.23. The van der Waals surface area contributed by atoms with Crippen LogP contribution in [0.5, 0.6) is 0 Å². The number of amides is 1. The fourth-order valence-electron chi connectivity index (χ4n) is 2.30. The van der Waals surface area contributed by atoms with Crippen molar-refractivity contribution in [3.8, 4) is 0 Å². The zero-order valence-corrected chi connectivity index (χ0v) is 10.5. The summed E-state index contributed by atoms with van der Waals surface area (Å²) in [6.07, 6.45) is 1.56. The Kier molecular flexibility index (Phi) is 4.73. The summed E-state index contributed by atoms with van der Waals surface area (Å²) in [5, 5.41) is 14.9. The Morgan fingerprint density at radius 1 is 1.39 bits per heavy atom. The van der Waals surface area contributed by atoms with Gasteiger partial charge in [-0.15, -0.1) is 0 Å². The average Bonchev–Trinajstić information content (AvgIpc) is 2.43. The molecule has 0 aromatic heterocycles. The number of hydrogen-bond donors (Lipinski definition) is 3. The first-order valence-electron chi connectivity index (χ1n) is 6.50. The summed E-state index contributed by atoms with van der Waals surface area (Å²) in [6.45, 7) is 2.36. The lowest BCUT2D eigenvalue weighted by Crippen LogP contribution is -2.39. The molecule has 1 unspecified atom stereocenters. The number of hydrogen-bond acceptors (Lipinski definition) is 3. The molecule has 0 aliphatic carbocycles. The molecule has 4 heteroatoms. The maximum absolute atomic E-state index is 12.1. The van der Waals surface area contributed by atoms with Gasteiger partial charge in [-0.25, -0.2) is 0 Å². The maximum Gasteiger partial charge on any atom is 0.228 e. The van der Waals surface area contributed by atoms with Crippen molar-refractivity contribution in [2.24, 2.45) is 0 Å². The summed E-state index contributed by atoms with van der Waals surface area (Å²) in [5.41, 5.74) is 2.34. The molecule has 0 bridgehead atoms. The van der Waals surface area contributed by atoms with Crippen molar-refractivity contribution in [2.75, 3.05) is 19.7 Å². The van der Waals surface area contributed by atoms with E-state index in [9.17, 15) is 4.79 Å². The van der Waals surface area contributed by atoms with Crippen LogP contribution in [0.3, 0.4) is 0 Å². The van der Waals surface area contributed by atoms with Crippen LogP contribution < -0.4 is 10.6 Å². The molecule has 1 heterocycles. The van der Waals surface area contributed by atoms with Crippen molar-refractivity contribution < 1.29 is 9.90 Å².